The van der Waals surface area contributed by atoms with Gasteiger partial charge in [-0.1, -0.05) is 27.7 Å². The number of aliphatic hydroxyl groups excluding tert-OH is 2. The second-order valence-electron chi connectivity index (χ2n) is 13.5. The van der Waals surface area contributed by atoms with Crippen LogP contribution in [0.5, 0.6) is 11.5 Å². The summed E-state index contributed by atoms with van der Waals surface area (Å²) in [6.45, 7) is 21.0. The lowest BCUT2D eigenvalue weighted by Gasteiger charge is -2.18. The number of rotatable bonds is 22. The number of Topliss-reactive ketones (excluding diaryl/α,β-unsaturated/α-hetero) is 2. The van der Waals surface area contributed by atoms with E-state index in [0.717, 1.165) is 11.1 Å². The smallest absolute Gasteiger partial charge is 0.328 e. The summed E-state index contributed by atoms with van der Waals surface area (Å²) in [6, 6.07) is 11.2. The van der Waals surface area contributed by atoms with E-state index in [1.807, 2.05) is 55.4 Å². The quantitative estimate of drug-likeness (QED) is 0.0703. The van der Waals surface area contributed by atoms with Gasteiger partial charge in [0.1, 0.15) is 36.9 Å². The molecule has 0 heterocycles. The minimum absolute atomic E-state index is 0.00325. The molecule has 0 radical (unpaired) electrons. The number of nitrogens with one attached hydrogen (secondary N) is 2. The minimum atomic E-state index is -1.26. The number of aliphatic carboxylic acids is 2. The zero-order valence-corrected chi connectivity index (χ0v) is 33.4. The molecule has 0 aliphatic carbocycles. The molecule has 0 aromatic heterocycles. The first-order chi connectivity index (χ1) is 25.2. The first kappa shape index (κ1) is 49.8. The first-order valence-corrected chi connectivity index (χ1v) is 17.9. The number of hydrogen-bond donors (Lipinski definition) is 6. The van der Waals surface area contributed by atoms with E-state index in [-0.39, 0.29) is 37.0 Å². The number of carbonyl (C=O) groups excluding carboxylic acids is 2. The number of aliphatic hydroxyl groups is 2. The Balaban J connectivity index is 0.000000867. The molecule has 54 heavy (non-hydrogen) atoms. The molecule has 0 aliphatic heterocycles. The van der Waals surface area contributed by atoms with E-state index in [1.54, 1.807) is 36.4 Å². The Morgan fingerprint density at radius 3 is 1.20 bits per heavy atom. The van der Waals surface area contributed by atoms with Crippen molar-refractivity contribution in [3.05, 3.63) is 70.8 Å². The molecule has 304 valence electrons. The van der Waals surface area contributed by atoms with Crippen LogP contribution >= 0.6 is 0 Å². The van der Waals surface area contributed by atoms with E-state index in [1.165, 1.54) is 13.8 Å². The fourth-order valence-electron chi connectivity index (χ4n) is 3.99. The number of carbonyl (C=O) groups is 4. The van der Waals surface area contributed by atoms with Crippen molar-refractivity contribution in [2.24, 2.45) is 0 Å². The summed E-state index contributed by atoms with van der Waals surface area (Å²) in [5.74, 6) is -1.23. The van der Waals surface area contributed by atoms with Crippen LogP contribution in [0.2, 0.25) is 0 Å². The van der Waals surface area contributed by atoms with E-state index in [9.17, 15) is 29.4 Å². The van der Waals surface area contributed by atoms with Crippen LogP contribution in [0.1, 0.15) is 101 Å². The third-order valence-electron chi connectivity index (χ3n) is 6.83. The minimum Gasteiger partial charge on any atom is -0.490 e. The van der Waals surface area contributed by atoms with E-state index < -0.39 is 24.1 Å². The van der Waals surface area contributed by atoms with Crippen LogP contribution in [0.4, 0.5) is 0 Å². The van der Waals surface area contributed by atoms with Crippen molar-refractivity contribution in [1.82, 2.24) is 10.6 Å². The van der Waals surface area contributed by atoms with Gasteiger partial charge < -0.3 is 50.0 Å². The molecule has 0 saturated heterocycles. The van der Waals surface area contributed by atoms with Gasteiger partial charge in [-0.05, 0) is 77.9 Å². The summed E-state index contributed by atoms with van der Waals surface area (Å²) >= 11 is 0. The largest absolute Gasteiger partial charge is 0.490 e. The summed E-state index contributed by atoms with van der Waals surface area (Å²) in [4.78, 5) is 42.2. The SMILES string of the molecule is CC(=O)c1ccc(OCC(O)CNC(C)C)c(COC(C)C)c1.CC(=O)c1ccc(OCC(O)CNC(C)C)c(COC(C)C)c1.O=C(O)/C=C/C(=O)O. The Morgan fingerprint density at radius 1 is 0.611 bits per heavy atom. The highest BCUT2D eigenvalue weighted by Crippen LogP contribution is 2.24. The molecule has 14 nitrogen and oxygen atoms in total. The highest BCUT2D eigenvalue weighted by atomic mass is 16.5. The lowest BCUT2D eigenvalue weighted by molar-refractivity contribution is -0.134. The highest BCUT2D eigenvalue weighted by molar-refractivity contribution is 5.95. The molecule has 0 amide bonds. The van der Waals surface area contributed by atoms with Gasteiger partial charge in [0.05, 0.1) is 25.4 Å². The maximum atomic E-state index is 11.5. The van der Waals surface area contributed by atoms with Gasteiger partial charge in [-0.3, -0.25) is 9.59 Å². The number of ether oxygens (including phenoxy) is 4. The van der Waals surface area contributed by atoms with Gasteiger partial charge in [0.25, 0.3) is 0 Å². The van der Waals surface area contributed by atoms with Crippen molar-refractivity contribution >= 4 is 23.5 Å². The second kappa shape index (κ2) is 27.4. The van der Waals surface area contributed by atoms with Crippen molar-refractivity contribution in [3.8, 4) is 11.5 Å². The maximum Gasteiger partial charge on any atom is 0.328 e. The second-order valence-corrected chi connectivity index (χ2v) is 13.5. The summed E-state index contributed by atoms with van der Waals surface area (Å²) in [7, 11) is 0. The molecule has 2 atom stereocenters. The van der Waals surface area contributed by atoms with Crippen LogP contribution in [-0.4, -0.2) is 107 Å². The predicted octanol–water partition coefficient (Wildman–Crippen LogP) is 4.82. The van der Waals surface area contributed by atoms with Crippen molar-refractivity contribution < 1.29 is 58.6 Å². The lowest BCUT2D eigenvalue weighted by atomic mass is 10.1. The molecule has 6 N–H and O–H groups in total. The molecule has 2 aromatic rings. The van der Waals surface area contributed by atoms with E-state index in [2.05, 4.69) is 10.6 Å². The Morgan fingerprint density at radius 2 is 0.944 bits per heavy atom. The molecule has 0 spiro atoms. The van der Waals surface area contributed by atoms with Crippen molar-refractivity contribution in [3.63, 3.8) is 0 Å². The molecule has 2 rings (SSSR count). The number of carboxylic acids is 2. The zero-order valence-electron chi connectivity index (χ0n) is 33.4. The Bertz CT molecular complexity index is 1350. The number of hydrogen-bond acceptors (Lipinski definition) is 12. The zero-order chi connectivity index (χ0) is 41.4. The van der Waals surface area contributed by atoms with Gasteiger partial charge >= 0.3 is 11.9 Å². The fourth-order valence-corrected chi connectivity index (χ4v) is 3.99. The molecule has 2 unspecified atom stereocenters. The molecule has 0 bridgehead atoms. The van der Waals surface area contributed by atoms with Crippen LogP contribution in [-0.2, 0) is 32.3 Å². The van der Waals surface area contributed by atoms with E-state index in [4.69, 9.17) is 29.2 Å². The van der Waals surface area contributed by atoms with Gasteiger partial charge in [0.15, 0.2) is 11.6 Å². The average Bonchev–Trinajstić information content (AvgIpc) is 3.09. The maximum absolute atomic E-state index is 11.5. The Kier molecular flexibility index (Phi) is 25.3. The van der Waals surface area contributed by atoms with Crippen LogP contribution in [0.25, 0.3) is 0 Å². The van der Waals surface area contributed by atoms with Crippen molar-refractivity contribution in [1.29, 1.82) is 0 Å². The van der Waals surface area contributed by atoms with E-state index in [0.29, 0.717) is 73.2 Å². The lowest BCUT2D eigenvalue weighted by Crippen LogP contribution is -2.35. The van der Waals surface area contributed by atoms with Crippen molar-refractivity contribution in [2.45, 2.75) is 119 Å². The van der Waals surface area contributed by atoms with Crippen LogP contribution in [0.15, 0.2) is 48.6 Å². The van der Waals surface area contributed by atoms with Gasteiger partial charge in [0, 0.05) is 59.6 Å². The Hall–Kier alpha value is -4.18. The predicted molar refractivity (Wildman–Crippen MR) is 206 cm³/mol. The molecule has 2 aromatic carbocycles. The van der Waals surface area contributed by atoms with Crippen LogP contribution in [0, 0.1) is 0 Å². The monoisotopic (exact) mass is 762 g/mol. The normalized spacial score (nSPS) is 12.2. The molecule has 0 fully saturated rings. The first-order valence-electron chi connectivity index (χ1n) is 17.9. The fraction of sp³-hybridized carbons (Fsp3) is 0.550. The van der Waals surface area contributed by atoms with E-state index >= 15 is 0 Å². The molecular formula is C40H62N2O12. The number of benzene rings is 2. The van der Waals surface area contributed by atoms with Gasteiger partial charge in [-0.2, -0.15) is 0 Å². The summed E-state index contributed by atoms with van der Waals surface area (Å²) in [5.41, 5.74) is 2.88. The highest BCUT2D eigenvalue weighted by Gasteiger charge is 2.14. The third-order valence-corrected chi connectivity index (χ3v) is 6.83. The Labute approximate surface area is 319 Å². The van der Waals surface area contributed by atoms with Crippen LogP contribution in [0.3, 0.4) is 0 Å². The number of ketones is 2. The van der Waals surface area contributed by atoms with Gasteiger partial charge in [-0.15, -0.1) is 0 Å². The van der Waals surface area contributed by atoms with Gasteiger partial charge in [-0.25, -0.2) is 9.59 Å². The molecular weight excluding hydrogens is 700 g/mol. The molecule has 14 heteroatoms. The third kappa shape index (κ3) is 24.9. The standard InChI is InChI=1S/2C18H29NO4.C4H4O4/c2*1-12(2)19-9-17(21)11-23-18-7-6-15(14(5)20)8-16(18)10-22-13(3)4;5-3(6)1-2-4(7)8/h2*6-8,12-13,17,19,21H,9-11H2,1-5H3;1-2H,(H,5,6)(H,7,8)/b;;2-1+. The summed E-state index contributed by atoms with van der Waals surface area (Å²) in [5, 5.41) is 41.8. The van der Waals surface area contributed by atoms with Gasteiger partial charge in [0.2, 0.25) is 0 Å². The average molecular weight is 763 g/mol. The molecule has 0 saturated carbocycles. The van der Waals surface area contributed by atoms with Crippen LogP contribution < -0.4 is 20.1 Å². The topological polar surface area (TPSA) is 210 Å². The van der Waals surface area contributed by atoms with Crippen molar-refractivity contribution in [2.75, 3.05) is 26.3 Å². The summed E-state index contributed by atoms with van der Waals surface area (Å²) < 4.78 is 22.7. The molecule has 0 aliphatic rings. The number of carboxylic acid groups (broad SMARTS) is 2. The summed E-state index contributed by atoms with van der Waals surface area (Å²) in [6.07, 6.45) is 0.104.